The predicted octanol–water partition coefficient (Wildman–Crippen LogP) is 4.18. The molecule has 0 amide bonds. The lowest BCUT2D eigenvalue weighted by Crippen LogP contribution is -2.34. The van der Waals surface area contributed by atoms with Crippen LogP contribution in [0.15, 0.2) is 67.1 Å². The lowest BCUT2D eigenvalue weighted by atomic mass is 9.97. The summed E-state index contributed by atoms with van der Waals surface area (Å²) in [4.78, 5) is 11.4. The van der Waals surface area contributed by atoms with E-state index in [1.165, 1.54) is 12.0 Å². The van der Waals surface area contributed by atoms with Crippen LogP contribution < -0.4 is 4.74 Å². The SMILES string of the molecule is COc1ccc(CN2CCCC(c3nc4ccc(-c5ccncc5)cn4n3)C2)cc1. The minimum absolute atomic E-state index is 0.362. The Morgan fingerprint density at radius 1 is 1.00 bits per heavy atom. The average molecular weight is 399 g/mol. The maximum Gasteiger partial charge on any atom is 0.156 e. The van der Waals surface area contributed by atoms with E-state index in [0.717, 1.165) is 54.4 Å². The highest BCUT2D eigenvalue weighted by Crippen LogP contribution is 2.27. The van der Waals surface area contributed by atoms with Crippen LogP contribution in [0.3, 0.4) is 0 Å². The van der Waals surface area contributed by atoms with Gasteiger partial charge in [-0.2, -0.15) is 5.10 Å². The summed E-state index contributed by atoms with van der Waals surface area (Å²) < 4.78 is 7.17. The number of benzene rings is 1. The van der Waals surface area contributed by atoms with Crippen LogP contribution in [0, 0.1) is 0 Å². The minimum atomic E-state index is 0.362. The summed E-state index contributed by atoms with van der Waals surface area (Å²) in [6, 6.07) is 16.5. The molecule has 4 heterocycles. The Labute approximate surface area is 176 Å². The van der Waals surface area contributed by atoms with Gasteiger partial charge in [-0.3, -0.25) is 9.88 Å². The van der Waals surface area contributed by atoms with Gasteiger partial charge in [-0.05, 0) is 66.9 Å². The second kappa shape index (κ2) is 8.24. The highest BCUT2D eigenvalue weighted by atomic mass is 16.5. The van der Waals surface area contributed by atoms with Crippen molar-refractivity contribution in [2.24, 2.45) is 0 Å². The van der Waals surface area contributed by atoms with Gasteiger partial charge in [-0.1, -0.05) is 12.1 Å². The van der Waals surface area contributed by atoms with Crippen molar-refractivity contribution in [2.45, 2.75) is 25.3 Å². The topological polar surface area (TPSA) is 55.5 Å². The molecule has 0 bridgehead atoms. The van der Waals surface area contributed by atoms with Gasteiger partial charge in [0, 0.05) is 43.2 Å². The fraction of sp³-hybridized carbons (Fsp3) is 0.292. The van der Waals surface area contributed by atoms with Crippen LogP contribution in [0.5, 0.6) is 5.75 Å². The third kappa shape index (κ3) is 3.91. The fourth-order valence-corrected chi connectivity index (χ4v) is 4.19. The average Bonchev–Trinajstić information content (AvgIpc) is 3.24. The second-order valence-electron chi connectivity index (χ2n) is 7.85. The summed E-state index contributed by atoms with van der Waals surface area (Å²) in [6.07, 6.45) is 7.97. The maximum absolute atomic E-state index is 5.26. The van der Waals surface area contributed by atoms with E-state index >= 15 is 0 Å². The van der Waals surface area contributed by atoms with Gasteiger partial charge in [-0.15, -0.1) is 0 Å². The molecule has 3 aromatic heterocycles. The molecule has 1 aromatic carbocycles. The Morgan fingerprint density at radius 2 is 1.83 bits per heavy atom. The lowest BCUT2D eigenvalue weighted by Gasteiger charge is -2.31. The van der Waals surface area contributed by atoms with Crippen molar-refractivity contribution in [3.63, 3.8) is 0 Å². The molecule has 6 heteroatoms. The Morgan fingerprint density at radius 3 is 2.63 bits per heavy atom. The van der Waals surface area contributed by atoms with Crippen molar-refractivity contribution < 1.29 is 4.74 Å². The van der Waals surface area contributed by atoms with Crippen LogP contribution >= 0.6 is 0 Å². The van der Waals surface area contributed by atoms with Gasteiger partial charge >= 0.3 is 0 Å². The third-order valence-corrected chi connectivity index (χ3v) is 5.80. The van der Waals surface area contributed by atoms with Crippen LogP contribution in [-0.2, 0) is 6.54 Å². The molecule has 6 nitrogen and oxygen atoms in total. The number of piperidine rings is 1. The number of hydrogen-bond acceptors (Lipinski definition) is 5. The fourth-order valence-electron chi connectivity index (χ4n) is 4.19. The van der Waals surface area contributed by atoms with Crippen molar-refractivity contribution >= 4 is 5.65 Å². The number of nitrogens with zero attached hydrogens (tertiary/aromatic N) is 5. The zero-order valence-electron chi connectivity index (χ0n) is 17.1. The Kier molecular flexibility index (Phi) is 5.15. The maximum atomic E-state index is 5.26. The molecule has 0 saturated carbocycles. The van der Waals surface area contributed by atoms with Crippen LogP contribution in [0.25, 0.3) is 16.8 Å². The third-order valence-electron chi connectivity index (χ3n) is 5.80. The molecular formula is C24H25N5O. The first kappa shape index (κ1) is 18.8. The first-order valence-corrected chi connectivity index (χ1v) is 10.4. The Hall–Kier alpha value is -3.25. The molecule has 30 heavy (non-hydrogen) atoms. The van der Waals surface area contributed by atoms with E-state index in [1.807, 2.05) is 47.2 Å². The molecule has 4 aromatic rings. The molecule has 1 saturated heterocycles. The summed E-state index contributed by atoms with van der Waals surface area (Å²) in [5, 5.41) is 4.83. The van der Waals surface area contributed by atoms with E-state index in [4.69, 9.17) is 14.8 Å². The molecule has 1 atom stereocenters. The van der Waals surface area contributed by atoms with Gasteiger partial charge in [0.05, 0.1) is 7.11 Å². The normalized spacial score (nSPS) is 17.3. The first-order chi connectivity index (χ1) is 14.8. The number of likely N-dealkylation sites (tertiary alicyclic amines) is 1. The molecule has 1 aliphatic rings. The molecule has 0 radical (unpaired) electrons. The molecule has 1 unspecified atom stereocenters. The number of fused-ring (bicyclic) bond motifs is 1. The van der Waals surface area contributed by atoms with Crippen LogP contribution in [0.4, 0.5) is 0 Å². The van der Waals surface area contributed by atoms with Crippen molar-refractivity contribution in [3.8, 4) is 16.9 Å². The summed E-state index contributed by atoms with van der Waals surface area (Å²) in [7, 11) is 1.70. The number of methoxy groups -OCH3 is 1. The van der Waals surface area contributed by atoms with E-state index in [0.29, 0.717) is 5.92 Å². The Balaban J connectivity index is 1.32. The number of pyridine rings is 2. The zero-order chi connectivity index (χ0) is 20.3. The smallest absolute Gasteiger partial charge is 0.156 e. The van der Waals surface area contributed by atoms with E-state index in [1.54, 1.807) is 7.11 Å². The van der Waals surface area contributed by atoms with E-state index in [9.17, 15) is 0 Å². The first-order valence-electron chi connectivity index (χ1n) is 10.4. The standard InChI is InChI=1S/C24H25N5O/c1-30-22-7-4-18(5-8-22)15-28-14-2-3-21(16-28)24-26-23-9-6-20(17-29(23)27-24)19-10-12-25-13-11-19/h4-13,17,21H,2-3,14-16H2,1H3. The summed E-state index contributed by atoms with van der Waals surface area (Å²) in [5.74, 6) is 2.21. The quantitative estimate of drug-likeness (QED) is 0.504. The highest BCUT2D eigenvalue weighted by molar-refractivity contribution is 5.63. The monoisotopic (exact) mass is 399 g/mol. The second-order valence-corrected chi connectivity index (χ2v) is 7.85. The van der Waals surface area contributed by atoms with Crippen LogP contribution in [0.1, 0.15) is 30.1 Å². The van der Waals surface area contributed by atoms with Gasteiger partial charge in [0.15, 0.2) is 11.5 Å². The molecule has 1 aliphatic heterocycles. The zero-order valence-corrected chi connectivity index (χ0v) is 17.1. The minimum Gasteiger partial charge on any atom is -0.497 e. The van der Waals surface area contributed by atoms with Crippen molar-refractivity contribution in [2.75, 3.05) is 20.2 Å². The molecule has 152 valence electrons. The van der Waals surface area contributed by atoms with E-state index in [2.05, 4.69) is 34.3 Å². The molecule has 1 fully saturated rings. The summed E-state index contributed by atoms with van der Waals surface area (Å²) in [6.45, 7) is 3.04. The predicted molar refractivity (Wildman–Crippen MR) is 116 cm³/mol. The van der Waals surface area contributed by atoms with Gasteiger partial charge in [-0.25, -0.2) is 9.50 Å². The number of rotatable bonds is 5. The highest BCUT2D eigenvalue weighted by Gasteiger charge is 2.25. The van der Waals surface area contributed by atoms with E-state index < -0.39 is 0 Å². The number of hydrogen-bond donors (Lipinski definition) is 0. The summed E-state index contributed by atoms with van der Waals surface area (Å²) in [5.41, 5.74) is 4.45. The number of aromatic nitrogens is 4. The van der Waals surface area contributed by atoms with Crippen LogP contribution in [0.2, 0.25) is 0 Å². The van der Waals surface area contributed by atoms with Crippen molar-refractivity contribution in [3.05, 3.63) is 78.5 Å². The number of ether oxygens (including phenoxy) is 1. The van der Waals surface area contributed by atoms with Gasteiger partial charge in [0.1, 0.15) is 5.75 Å². The van der Waals surface area contributed by atoms with Crippen molar-refractivity contribution in [1.82, 2.24) is 24.5 Å². The lowest BCUT2D eigenvalue weighted by molar-refractivity contribution is 0.196. The van der Waals surface area contributed by atoms with Gasteiger partial charge in [0.25, 0.3) is 0 Å². The molecule has 0 aliphatic carbocycles. The van der Waals surface area contributed by atoms with E-state index in [-0.39, 0.29) is 0 Å². The molecular weight excluding hydrogens is 374 g/mol. The Bertz CT molecular complexity index is 1120. The van der Waals surface area contributed by atoms with Gasteiger partial charge in [0.2, 0.25) is 0 Å². The molecule has 0 spiro atoms. The largest absolute Gasteiger partial charge is 0.497 e. The molecule has 5 rings (SSSR count). The van der Waals surface area contributed by atoms with Crippen LogP contribution in [-0.4, -0.2) is 44.7 Å². The molecule has 0 N–H and O–H groups in total. The summed E-state index contributed by atoms with van der Waals surface area (Å²) >= 11 is 0. The van der Waals surface area contributed by atoms with Crippen molar-refractivity contribution in [1.29, 1.82) is 0 Å². The van der Waals surface area contributed by atoms with Gasteiger partial charge < -0.3 is 4.74 Å².